The molecule has 0 saturated carbocycles. The number of nitrogens with zero attached hydrogens (tertiary/aromatic N) is 4. The van der Waals surface area contributed by atoms with Gasteiger partial charge in [0, 0.05) is 10.9 Å². The van der Waals surface area contributed by atoms with Crippen LogP contribution in [0.2, 0.25) is 0 Å². The molecule has 0 unspecified atom stereocenters. The van der Waals surface area contributed by atoms with Gasteiger partial charge >= 0.3 is 0 Å². The Hall–Kier alpha value is -2.82. The lowest BCUT2D eigenvalue weighted by Gasteiger charge is -2.01. The van der Waals surface area contributed by atoms with E-state index in [0.29, 0.717) is 16.0 Å². The fourth-order valence-corrected chi connectivity index (χ4v) is 5.32. The zero-order valence-corrected chi connectivity index (χ0v) is 17.2. The van der Waals surface area contributed by atoms with E-state index in [1.54, 1.807) is 23.5 Å². The van der Waals surface area contributed by atoms with Crippen molar-refractivity contribution in [1.29, 1.82) is 0 Å². The fraction of sp³-hybridized carbons (Fsp3) is 0.0526. The van der Waals surface area contributed by atoms with Crippen LogP contribution in [0.1, 0.15) is 0 Å². The number of amides is 1. The first kappa shape index (κ1) is 18.2. The van der Waals surface area contributed by atoms with Gasteiger partial charge in [-0.2, -0.15) is 0 Å². The summed E-state index contributed by atoms with van der Waals surface area (Å²) in [6.07, 6.45) is 0. The molecule has 0 aliphatic carbocycles. The molecule has 6 nitrogen and oxygen atoms in total. The van der Waals surface area contributed by atoms with Crippen molar-refractivity contribution in [1.82, 2.24) is 19.6 Å². The highest BCUT2D eigenvalue weighted by Gasteiger charge is 2.15. The first-order valence-electron chi connectivity index (χ1n) is 8.54. The van der Waals surface area contributed by atoms with Gasteiger partial charge in [0.05, 0.1) is 21.7 Å². The number of aromatic nitrogens is 4. The number of para-hydroxylation sites is 1. The number of thioether (sulfide) groups is 1. The molecule has 0 atom stereocenters. The summed E-state index contributed by atoms with van der Waals surface area (Å²) in [5, 5.41) is 14.2. The molecule has 0 fully saturated rings. The number of rotatable bonds is 5. The Kier molecular flexibility index (Phi) is 4.74. The molecule has 0 radical (unpaired) electrons. The van der Waals surface area contributed by atoms with Gasteiger partial charge in [0.15, 0.2) is 10.3 Å². The highest BCUT2D eigenvalue weighted by atomic mass is 32.2. The predicted molar refractivity (Wildman–Crippen MR) is 115 cm³/mol. The van der Waals surface area contributed by atoms with E-state index in [4.69, 9.17) is 0 Å². The van der Waals surface area contributed by atoms with Gasteiger partial charge in [-0.3, -0.25) is 9.20 Å². The van der Waals surface area contributed by atoms with Gasteiger partial charge in [-0.25, -0.2) is 9.37 Å². The van der Waals surface area contributed by atoms with E-state index in [-0.39, 0.29) is 17.5 Å². The highest BCUT2D eigenvalue weighted by molar-refractivity contribution is 7.99. The van der Waals surface area contributed by atoms with Crippen molar-refractivity contribution in [3.05, 3.63) is 59.7 Å². The van der Waals surface area contributed by atoms with Crippen molar-refractivity contribution in [2.45, 2.75) is 5.16 Å². The third-order valence-electron chi connectivity index (χ3n) is 4.13. The quantitative estimate of drug-likeness (QED) is 0.391. The summed E-state index contributed by atoms with van der Waals surface area (Å²) in [6.45, 7) is 0. The number of thiazole rings is 2. The van der Waals surface area contributed by atoms with Crippen LogP contribution in [0.4, 0.5) is 9.52 Å². The van der Waals surface area contributed by atoms with E-state index in [2.05, 4.69) is 20.5 Å². The highest BCUT2D eigenvalue weighted by Crippen LogP contribution is 2.30. The molecule has 0 saturated heterocycles. The van der Waals surface area contributed by atoms with Crippen LogP contribution in [-0.4, -0.2) is 31.2 Å². The Balaban J connectivity index is 1.27. The first-order chi connectivity index (χ1) is 14.2. The van der Waals surface area contributed by atoms with Gasteiger partial charge in [0.2, 0.25) is 10.9 Å². The van der Waals surface area contributed by atoms with Crippen molar-refractivity contribution in [3.8, 4) is 11.3 Å². The second kappa shape index (κ2) is 7.54. The van der Waals surface area contributed by atoms with Crippen LogP contribution in [0.5, 0.6) is 0 Å². The maximum atomic E-state index is 13.1. The smallest absolute Gasteiger partial charge is 0.236 e. The molecule has 5 rings (SSSR count). The molecule has 29 heavy (non-hydrogen) atoms. The Morgan fingerprint density at radius 2 is 1.97 bits per heavy atom. The van der Waals surface area contributed by atoms with Crippen molar-refractivity contribution < 1.29 is 9.18 Å². The van der Waals surface area contributed by atoms with E-state index >= 15 is 0 Å². The lowest BCUT2D eigenvalue weighted by molar-refractivity contribution is -0.113. The normalized spacial score (nSPS) is 11.3. The predicted octanol–water partition coefficient (Wildman–Crippen LogP) is 4.94. The Labute approximate surface area is 176 Å². The zero-order valence-electron chi connectivity index (χ0n) is 14.7. The summed E-state index contributed by atoms with van der Waals surface area (Å²) >= 11 is 4.22. The van der Waals surface area contributed by atoms with E-state index in [0.717, 1.165) is 20.7 Å². The van der Waals surface area contributed by atoms with Gasteiger partial charge in [-0.1, -0.05) is 35.2 Å². The molecule has 0 spiro atoms. The maximum absolute atomic E-state index is 13.1. The lowest BCUT2D eigenvalue weighted by atomic mass is 10.2. The number of benzene rings is 2. The largest absolute Gasteiger partial charge is 0.301 e. The minimum Gasteiger partial charge on any atom is -0.301 e. The SMILES string of the molecule is O=C(CSc1nnc2sc3ccccc3n12)Nc1nc(-c2ccc(F)cc2)cs1. The van der Waals surface area contributed by atoms with Gasteiger partial charge < -0.3 is 5.32 Å². The zero-order chi connectivity index (χ0) is 19.8. The number of carbonyl (C=O) groups excluding carboxylic acids is 1. The number of hydrogen-bond donors (Lipinski definition) is 1. The Morgan fingerprint density at radius 3 is 2.83 bits per heavy atom. The molecule has 0 aliphatic heterocycles. The average Bonchev–Trinajstić information content (AvgIpc) is 3.42. The lowest BCUT2D eigenvalue weighted by Crippen LogP contribution is -2.14. The standard InChI is InChI=1S/C19H12FN5OS3/c20-12-7-5-11(6-8-12)13-9-27-17(21-13)22-16(26)10-28-18-23-24-19-25(18)14-3-1-2-4-15(14)29-19/h1-9H,10H2,(H,21,22,26). The molecule has 0 bridgehead atoms. The summed E-state index contributed by atoms with van der Waals surface area (Å²) in [4.78, 5) is 17.6. The number of halogens is 1. The monoisotopic (exact) mass is 441 g/mol. The van der Waals surface area contributed by atoms with Gasteiger partial charge in [-0.15, -0.1) is 21.5 Å². The van der Waals surface area contributed by atoms with Gasteiger partial charge in [0.25, 0.3) is 0 Å². The summed E-state index contributed by atoms with van der Waals surface area (Å²) < 4.78 is 16.1. The maximum Gasteiger partial charge on any atom is 0.236 e. The molecule has 1 amide bonds. The van der Waals surface area contributed by atoms with Crippen LogP contribution in [-0.2, 0) is 4.79 Å². The summed E-state index contributed by atoms with van der Waals surface area (Å²) in [5.41, 5.74) is 2.53. The Morgan fingerprint density at radius 1 is 1.14 bits per heavy atom. The molecule has 3 aromatic heterocycles. The van der Waals surface area contributed by atoms with E-state index in [1.165, 1.54) is 35.2 Å². The molecule has 5 aromatic rings. The molecule has 0 aliphatic rings. The van der Waals surface area contributed by atoms with Crippen LogP contribution in [0.3, 0.4) is 0 Å². The van der Waals surface area contributed by atoms with Crippen LogP contribution >= 0.6 is 34.4 Å². The minimum absolute atomic E-state index is 0.175. The molecular formula is C19H12FN5OS3. The minimum atomic E-state index is -0.296. The van der Waals surface area contributed by atoms with E-state index in [9.17, 15) is 9.18 Å². The first-order valence-corrected chi connectivity index (χ1v) is 11.2. The average molecular weight is 442 g/mol. The van der Waals surface area contributed by atoms with Crippen LogP contribution < -0.4 is 5.32 Å². The molecule has 2 aromatic carbocycles. The second-order valence-electron chi connectivity index (χ2n) is 6.05. The molecule has 1 N–H and O–H groups in total. The third-order valence-corrected chi connectivity index (χ3v) is 6.83. The van der Waals surface area contributed by atoms with Gasteiger partial charge in [0.1, 0.15) is 5.82 Å². The fourth-order valence-electron chi connectivity index (χ4n) is 2.82. The van der Waals surface area contributed by atoms with Crippen molar-refractivity contribution in [2.24, 2.45) is 0 Å². The third kappa shape index (κ3) is 3.61. The Bertz CT molecular complexity index is 1320. The van der Waals surface area contributed by atoms with Crippen LogP contribution in [0.15, 0.2) is 59.1 Å². The van der Waals surface area contributed by atoms with Crippen LogP contribution in [0.25, 0.3) is 26.4 Å². The summed E-state index contributed by atoms with van der Waals surface area (Å²) in [6, 6.07) is 14.1. The van der Waals surface area contributed by atoms with E-state index < -0.39 is 0 Å². The molecule has 3 heterocycles. The van der Waals surface area contributed by atoms with Gasteiger partial charge in [-0.05, 0) is 36.4 Å². The van der Waals surface area contributed by atoms with Crippen molar-refractivity contribution in [2.75, 3.05) is 11.1 Å². The second-order valence-corrected chi connectivity index (χ2v) is 8.86. The molecule has 10 heteroatoms. The molecule has 144 valence electrons. The summed E-state index contributed by atoms with van der Waals surface area (Å²) in [7, 11) is 0. The number of carbonyl (C=O) groups is 1. The molecular weight excluding hydrogens is 429 g/mol. The topological polar surface area (TPSA) is 72.2 Å². The number of fused-ring (bicyclic) bond motifs is 3. The van der Waals surface area contributed by atoms with Crippen LogP contribution in [0, 0.1) is 5.82 Å². The number of nitrogens with one attached hydrogen (secondary N) is 1. The van der Waals surface area contributed by atoms with Crippen molar-refractivity contribution in [3.63, 3.8) is 0 Å². The van der Waals surface area contributed by atoms with E-state index in [1.807, 2.05) is 34.0 Å². The van der Waals surface area contributed by atoms with Crippen molar-refractivity contribution >= 4 is 60.7 Å². The summed E-state index contributed by atoms with van der Waals surface area (Å²) in [5.74, 6) is -0.280. The number of anilines is 1. The number of hydrogen-bond acceptors (Lipinski definition) is 7.